The zero-order valence-corrected chi connectivity index (χ0v) is 22.3. The first-order chi connectivity index (χ1) is 18.2. The van der Waals surface area contributed by atoms with Gasteiger partial charge in [-0.2, -0.15) is 13.2 Å². The van der Waals surface area contributed by atoms with E-state index in [-0.39, 0.29) is 17.9 Å². The zero-order valence-electron chi connectivity index (χ0n) is 19.8. The van der Waals surface area contributed by atoms with Gasteiger partial charge >= 0.3 is 18.1 Å². The number of β-lactam (4-membered cyclic amide) rings is 1. The van der Waals surface area contributed by atoms with E-state index in [9.17, 15) is 32.7 Å². The summed E-state index contributed by atoms with van der Waals surface area (Å²) in [5.74, 6) is -4.50. The first-order valence-corrected chi connectivity index (χ1v) is 13.2. The van der Waals surface area contributed by atoms with Crippen LogP contribution in [0.5, 0.6) is 0 Å². The molecule has 0 aromatic carbocycles. The smallest absolute Gasteiger partial charge is 0.477 e. The van der Waals surface area contributed by atoms with Crippen LogP contribution in [-0.4, -0.2) is 99.9 Å². The maximum Gasteiger partial charge on any atom is 0.490 e. The van der Waals surface area contributed by atoms with Crippen molar-refractivity contribution in [2.45, 2.75) is 28.9 Å². The van der Waals surface area contributed by atoms with Gasteiger partial charge in [0.15, 0.2) is 5.13 Å². The van der Waals surface area contributed by atoms with Gasteiger partial charge in [-0.1, -0.05) is 11.8 Å². The third kappa shape index (κ3) is 6.42. The van der Waals surface area contributed by atoms with E-state index in [1.54, 1.807) is 12.4 Å². The molecule has 0 aliphatic carbocycles. The summed E-state index contributed by atoms with van der Waals surface area (Å²) >= 11 is 3.78. The van der Waals surface area contributed by atoms with Gasteiger partial charge in [0.05, 0.1) is 12.1 Å². The van der Waals surface area contributed by atoms with Crippen LogP contribution in [0.2, 0.25) is 0 Å². The number of fused-ring (bicyclic) bond motifs is 1. The molecule has 0 radical (unpaired) electrons. The Hall–Kier alpha value is -3.43. The van der Waals surface area contributed by atoms with Crippen molar-refractivity contribution in [1.82, 2.24) is 35.4 Å². The van der Waals surface area contributed by atoms with Gasteiger partial charge < -0.3 is 26.0 Å². The lowest BCUT2D eigenvalue weighted by Gasteiger charge is -2.55. The Kier molecular flexibility index (Phi) is 9.08. The molecule has 0 saturated carbocycles. The van der Waals surface area contributed by atoms with Crippen molar-refractivity contribution in [2.75, 3.05) is 24.3 Å². The third-order valence-corrected chi connectivity index (χ3v) is 8.26. The van der Waals surface area contributed by atoms with E-state index in [1.807, 2.05) is 0 Å². The predicted molar refractivity (Wildman–Crippen MR) is 129 cm³/mol. The number of halogens is 3. The lowest BCUT2D eigenvalue weighted by Crippen LogP contribution is -2.80. The number of rotatable bonds is 8. The standard InChI is InChI=1S/C16H18N8O5S3.C2HF3O2/c1-23-15(20-21-22-23)32-5-7-4-30-13-16(29-2,12(28)24(13)10(7)11(26)27)19-9(25)3-8-6-31-14(17)18-8;3-2(4,5)1(6)7/h6,13H,3-5H2,1-2H3,(H2,17,18)(H,19,25)(H,26,27);(H,6,7)/t13-,16-;/m0./s1. The van der Waals surface area contributed by atoms with Gasteiger partial charge in [-0.3, -0.25) is 14.5 Å². The van der Waals surface area contributed by atoms with Crippen molar-refractivity contribution in [3.8, 4) is 0 Å². The van der Waals surface area contributed by atoms with Crippen molar-refractivity contribution < 1.29 is 47.3 Å². The molecule has 21 heteroatoms. The number of hydrogen-bond donors (Lipinski definition) is 4. The highest BCUT2D eigenvalue weighted by molar-refractivity contribution is 8.01. The van der Waals surface area contributed by atoms with Crippen molar-refractivity contribution >= 4 is 63.7 Å². The summed E-state index contributed by atoms with van der Waals surface area (Å²) in [6, 6.07) is 0. The molecule has 0 bridgehead atoms. The number of aliphatic carboxylic acids is 2. The molecule has 4 rings (SSSR count). The number of nitrogens with two attached hydrogens (primary N) is 1. The number of hydrogen-bond acceptors (Lipinski definition) is 13. The fraction of sp³-hybridized carbons (Fsp3) is 0.444. The molecule has 0 spiro atoms. The number of amides is 2. The number of methoxy groups -OCH3 is 1. The lowest BCUT2D eigenvalue weighted by molar-refractivity contribution is -0.192. The average Bonchev–Trinajstić information content (AvgIpc) is 3.46. The monoisotopic (exact) mass is 612 g/mol. The number of carboxylic acids is 2. The largest absolute Gasteiger partial charge is 0.490 e. The summed E-state index contributed by atoms with van der Waals surface area (Å²) < 4.78 is 38.6. The van der Waals surface area contributed by atoms with Crippen LogP contribution in [0.15, 0.2) is 21.8 Å². The van der Waals surface area contributed by atoms with Crippen LogP contribution in [-0.2, 0) is 37.4 Å². The minimum absolute atomic E-state index is 0.0846. The number of nitrogens with one attached hydrogen (secondary N) is 1. The number of anilines is 1. The van der Waals surface area contributed by atoms with Crippen molar-refractivity contribution in [2.24, 2.45) is 7.05 Å². The van der Waals surface area contributed by atoms with Crippen LogP contribution in [0.25, 0.3) is 0 Å². The molecule has 2 amide bonds. The minimum atomic E-state index is -5.08. The number of thiazole rings is 1. The molecule has 2 aliphatic rings. The molecular formula is C18H19F3N8O7S3. The molecule has 212 valence electrons. The Balaban J connectivity index is 0.000000532. The maximum atomic E-state index is 13.1. The summed E-state index contributed by atoms with van der Waals surface area (Å²) in [4.78, 5) is 51.8. The second kappa shape index (κ2) is 11.8. The van der Waals surface area contributed by atoms with Gasteiger partial charge in [0.25, 0.3) is 11.6 Å². The first-order valence-electron chi connectivity index (χ1n) is 10.3. The second-order valence-electron chi connectivity index (χ2n) is 7.61. The number of aryl methyl sites for hydroxylation is 1. The number of aromatic nitrogens is 5. The number of ether oxygens (including phenoxy) is 1. The number of carboxylic acid groups (broad SMARTS) is 2. The molecule has 15 nitrogen and oxygen atoms in total. The zero-order chi connectivity index (χ0) is 29.1. The Morgan fingerprint density at radius 1 is 1.36 bits per heavy atom. The average molecular weight is 613 g/mol. The number of nitrogen functional groups attached to an aromatic ring is 1. The van der Waals surface area contributed by atoms with E-state index in [2.05, 4.69) is 25.8 Å². The normalized spacial score (nSPS) is 20.5. The number of alkyl halides is 3. The van der Waals surface area contributed by atoms with Gasteiger partial charge in [0, 0.05) is 31.0 Å². The maximum absolute atomic E-state index is 13.1. The second-order valence-corrected chi connectivity index (χ2v) is 10.5. The molecule has 2 aliphatic heterocycles. The van der Waals surface area contributed by atoms with Gasteiger partial charge in [-0.05, 0) is 16.0 Å². The number of carbonyl (C=O) groups is 4. The first kappa shape index (κ1) is 30.1. The molecule has 39 heavy (non-hydrogen) atoms. The van der Waals surface area contributed by atoms with Crippen LogP contribution in [0.1, 0.15) is 5.69 Å². The highest BCUT2D eigenvalue weighted by Crippen LogP contribution is 2.47. The lowest BCUT2D eigenvalue weighted by atomic mass is 9.98. The number of nitrogens with zero attached hydrogens (tertiary/aromatic N) is 6. The van der Waals surface area contributed by atoms with E-state index in [4.69, 9.17) is 20.4 Å². The van der Waals surface area contributed by atoms with Crippen LogP contribution in [0.3, 0.4) is 0 Å². The van der Waals surface area contributed by atoms with Gasteiger partial charge in [0.1, 0.15) is 11.1 Å². The summed E-state index contributed by atoms with van der Waals surface area (Å²) in [5, 5.41) is 32.5. The highest BCUT2D eigenvalue weighted by atomic mass is 32.2. The molecule has 1 saturated heterocycles. The summed E-state index contributed by atoms with van der Waals surface area (Å²) in [6.45, 7) is 0. The van der Waals surface area contributed by atoms with Crippen LogP contribution >= 0.6 is 34.9 Å². The molecule has 4 heterocycles. The van der Waals surface area contributed by atoms with E-state index in [0.29, 0.717) is 27.3 Å². The van der Waals surface area contributed by atoms with E-state index in [0.717, 1.165) is 4.90 Å². The van der Waals surface area contributed by atoms with Gasteiger partial charge in [-0.25, -0.2) is 19.3 Å². The topological polar surface area (TPSA) is 216 Å². The minimum Gasteiger partial charge on any atom is -0.477 e. The quantitative estimate of drug-likeness (QED) is 0.174. The number of tetrazole rings is 1. The number of thioether (sulfide) groups is 2. The molecule has 0 unspecified atom stereocenters. The molecule has 1 fully saturated rings. The van der Waals surface area contributed by atoms with Crippen molar-refractivity contribution in [3.05, 3.63) is 22.3 Å². The van der Waals surface area contributed by atoms with Gasteiger partial charge in [0.2, 0.25) is 11.1 Å². The van der Waals surface area contributed by atoms with Crippen molar-refractivity contribution in [3.63, 3.8) is 0 Å². The predicted octanol–water partition coefficient (Wildman–Crippen LogP) is -0.0704. The van der Waals surface area contributed by atoms with Crippen LogP contribution in [0.4, 0.5) is 18.3 Å². The number of carbonyl (C=O) groups excluding carboxylic acids is 2. The highest BCUT2D eigenvalue weighted by Gasteiger charge is 2.66. The Labute approximate surface area is 228 Å². The summed E-state index contributed by atoms with van der Waals surface area (Å²) in [6.07, 6.45) is -5.17. The fourth-order valence-electron chi connectivity index (χ4n) is 3.37. The summed E-state index contributed by atoms with van der Waals surface area (Å²) in [7, 11) is 2.97. The van der Waals surface area contributed by atoms with Crippen LogP contribution < -0.4 is 11.1 Å². The fourth-order valence-corrected chi connectivity index (χ4v) is 6.36. The molecule has 5 N–H and O–H groups in total. The molecule has 2 aromatic rings. The summed E-state index contributed by atoms with van der Waals surface area (Å²) in [5.41, 5.74) is 4.84. The SMILES string of the molecule is CO[C@@]1(NC(=O)Cc2csc(N)n2)C(=O)N2C(C(=O)O)=C(CSc3nnnn3C)CS[C@H]21.O=C(O)C(F)(F)F. The van der Waals surface area contributed by atoms with E-state index < -0.39 is 41.0 Å². The Morgan fingerprint density at radius 2 is 2.03 bits per heavy atom. The van der Waals surface area contributed by atoms with E-state index in [1.165, 1.54) is 46.7 Å². The van der Waals surface area contributed by atoms with Gasteiger partial charge in [-0.15, -0.1) is 28.2 Å². The van der Waals surface area contributed by atoms with E-state index >= 15 is 0 Å². The molecular weight excluding hydrogens is 593 g/mol. The van der Waals surface area contributed by atoms with Crippen LogP contribution in [0, 0.1) is 0 Å². The van der Waals surface area contributed by atoms with Crippen molar-refractivity contribution in [1.29, 1.82) is 0 Å². The molecule has 2 atom stereocenters. The Morgan fingerprint density at radius 3 is 2.51 bits per heavy atom. The third-order valence-electron chi connectivity index (χ3n) is 5.07. The Bertz CT molecular complexity index is 1320. The molecule has 2 aromatic heterocycles.